The van der Waals surface area contributed by atoms with E-state index in [1.54, 1.807) is 0 Å². The molecule has 82 valence electrons. The van der Waals surface area contributed by atoms with Crippen LogP contribution in [0.15, 0.2) is 0 Å². The van der Waals surface area contributed by atoms with Crippen LogP contribution in [0.1, 0.15) is 33.6 Å². The highest BCUT2D eigenvalue weighted by Gasteiger charge is 2.48. The van der Waals surface area contributed by atoms with Gasteiger partial charge in [0, 0.05) is 24.1 Å². The van der Waals surface area contributed by atoms with Gasteiger partial charge in [0.2, 0.25) is 0 Å². The summed E-state index contributed by atoms with van der Waals surface area (Å²) in [5.41, 5.74) is 0.0301. The molecule has 2 N–H and O–H groups in total. The predicted molar refractivity (Wildman–Crippen MR) is 55.1 cm³/mol. The second-order valence-corrected chi connectivity index (χ2v) is 5.26. The molecule has 0 amide bonds. The maximum Gasteiger partial charge on any atom is 0.0700 e. The van der Waals surface area contributed by atoms with Gasteiger partial charge in [0.1, 0.15) is 0 Å². The highest BCUT2D eigenvalue weighted by Crippen LogP contribution is 2.41. The Morgan fingerprint density at radius 1 is 1.43 bits per heavy atom. The number of rotatable bonds is 2. The Morgan fingerprint density at radius 2 is 2.14 bits per heavy atom. The van der Waals surface area contributed by atoms with Gasteiger partial charge in [-0.2, -0.15) is 0 Å². The molecule has 1 saturated carbocycles. The molecule has 2 fully saturated rings. The van der Waals surface area contributed by atoms with E-state index in [4.69, 9.17) is 4.74 Å². The molecule has 0 aromatic rings. The number of hydrogen-bond donors (Lipinski definition) is 2. The maximum atomic E-state index is 9.61. The van der Waals surface area contributed by atoms with Crippen LogP contribution in [-0.2, 0) is 4.74 Å². The molecule has 4 atom stereocenters. The zero-order valence-corrected chi connectivity index (χ0v) is 9.29. The number of aliphatic hydroxyl groups excluding tert-OH is 1. The second-order valence-electron chi connectivity index (χ2n) is 5.26. The van der Waals surface area contributed by atoms with Gasteiger partial charge in [-0.05, 0) is 19.8 Å². The van der Waals surface area contributed by atoms with Crippen LogP contribution in [0.4, 0.5) is 0 Å². The fourth-order valence-electron chi connectivity index (χ4n) is 2.39. The minimum absolute atomic E-state index is 0.0301. The zero-order valence-electron chi connectivity index (χ0n) is 9.29. The van der Waals surface area contributed by atoms with E-state index in [0.717, 1.165) is 19.4 Å². The van der Waals surface area contributed by atoms with Gasteiger partial charge in [0.15, 0.2) is 0 Å². The van der Waals surface area contributed by atoms with Crippen LogP contribution in [0.2, 0.25) is 0 Å². The molecule has 4 unspecified atom stereocenters. The van der Waals surface area contributed by atoms with Crippen molar-refractivity contribution in [3.8, 4) is 0 Å². The van der Waals surface area contributed by atoms with Crippen molar-refractivity contribution in [3.05, 3.63) is 0 Å². The summed E-state index contributed by atoms with van der Waals surface area (Å²) in [6.07, 6.45) is 2.17. The van der Waals surface area contributed by atoms with Gasteiger partial charge >= 0.3 is 0 Å². The molecule has 2 rings (SSSR count). The molecule has 2 aliphatic rings. The predicted octanol–water partition coefficient (Wildman–Crippen LogP) is 0.913. The first kappa shape index (κ1) is 10.4. The molecule has 1 saturated heterocycles. The highest BCUT2D eigenvalue weighted by molar-refractivity contribution is 5.03. The molecule has 0 bridgehead atoms. The van der Waals surface area contributed by atoms with E-state index in [2.05, 4.69) is 26.1 Å². The molecule has 0 aromatic heterocycles. The Morgan fingerprint density at radius 3 is 2.57 bits per heavy atom. The van der Waals surface area contributed by atoms with Gasteiger partial charge in [-0.1, -0.05) is 13.8 Å². The summed E-state index contributed by atoms with van der Waals surface area (Å²) in [5.74, 6) is 0. The van der Waals surface area contributed by atoms with E-state index in [1.165, 1.54) is 0 Å². The first-order chi connectivity index (χ1) is 6.51. The molecule has 0 aromatic carbocycles. The standard InChI is InChI=1S/C11H21NO2/c1-7-8(4-5-14-7)12-9-6-10(13)11(9,2)3/h7-10,12-13H,4-6H2,1-3H3. The van der Waals surface area contributed by atoms with Crippen LogP contribution in [0.25, 0.3) is 0 Å². The fraction of sp³-hybridized carbons (Fsp3) is 1.00. The topological polar surface area (TPSA) is 41.5 Å². The number of hydrogen-bond acceptors (Lipinski definition) is 3. The van der Waals surface area contributed by atoms with Crippen molar-refractivity contribution in [1.82, 2.24) is 5.32 Å². The summed E-state index contributed by atoms with van der Waals surface area (Å²) in [4.78, 5) is 0. The van der Waals surface area contributed by atoms with E-state index in [9.17, 15) is 5.11 Å². The lowest BCUT2D eigenvalue weighted by Crippen LogP contribution is -2.62. The Bertz CT molecular complexity index is 217. The quantitative estimate of drug-likeness (QED) is 0.694. The SMILES string of the molecule is CC1OCCC1NC1CC(O)C1(C)C. The number of nitrogens with one attached hydrogen (secondary N) is 1. The van der Waals surface area contributed by atoms with Crippen LogP contribution in [0, 0.1) is 5.41 Å². The van der Waals surface area contributed by atoms with Crippen LogP contribution in [-0.4, -0.2) is 36.0 Å². The third kappa shape index (κ3) is 1.58. The van der Waals surface area contributed by atoms with Crippen LogP contribution >= 0.6 is 0 Å². The lowest BCUT2D eigenvalue weighted by Gasteiger charge is -2.50. The Labute approximate surface area is 85.8 Å². The van der Waals surface area contributed by atoms with E-state index in [1.807, 2.05) is 0 Å². The minimum Gasteiger partial charge on any atom is -0.392 e. The summed E-state index contributed by atoms with van der Waals surface area (Å²) in [7, 11) is 0. The fourth-order valence-corrected chi connectivity index (χ4v) is 2.39. The molecule has 3 nitrogen and oxygen atoms in total. The molecule has 14 heavy (non-hydrogen) atoms. The largest absolute Gasteiger partial charge is 0.392 e. The van der Waals surface area contributed by atoms with Crippen molar-refractivity contribution in [2.75, 3.05) is 6.61 Å². The molecule has 0 spiro atoms. The first-order valence-electron chi connectivity index (χ1n) is 5.57. The summed E-state index contributed by atoms with van der Waals surface area (Å²) in [5, 5.41) is 13.2. The zero-order chi connectivity index (χ0) is 10.3. The average Bonchev–Trinajstić information content (AvgIpc) is 2.51. The summed E-state index contributed by atoms with van der Waals surface area (Å²) in [6, 6.07) is 0.929. The molecule has 0 radical (unpaired) electrons. The number of aliphatic hydroxyl groups is 1. The molecule has 1 aliphatic heterocycles. The third-order valence-corrected chi connectivity index (χ3v) is 4.01. The smallest absolute Gasteiger partial charge is 0.0700 e. The van der Waals surface area contributed by atoms with E-state index in [0.29, 0.717) is 18.2 Å². The van der Waals surface area contributed by atoms with Crippen LogP contribution in [0.3, 0.4) is 0 Å². The van der Waals surface area contributed by atoms with Crippen molar-refractivity contribution in [2.24, 2.45) is 5.41 Å². The Hall–Kier alpha value is -0.120. The van der Waals surface area contributed by atoms with Crippen molar-refractivity contribution >= 4 is 0 Å². The Balaban J connectivity index is 1.87. The molecular formula is C11H21NO2. The average molecular weight is 199 g/mol. The third-order valence-electron chi connectivity index (χ3n) is 4.01. The molecule has 1 heterocycles. The second kappa shape index (κ2) is 3.47. The van der Waals surface area contributed by atoms with Crippen molar-refractivity contribution in [1.29, 1.82) is 0 Å². The lowest BCUT2D eigenvalue weighted by atomic mass is 9.64. The molecule has 3 heteroatoms. The van der Waals surface area contributed by atoms with Crippen molar-refractivity contribution < 1.29 is 9.84 Å². The first-order valence-corrected chi connectivity index (χ1v) is 5.57. The van der Waals surface area contributed by atoms with E-state index in [-0.39, 0.29) is 11.5 Å². The van der Waals surface area contributed by atoms with Gasteiger partial charge in [-0.25, -0.2) is 0 Å². The van der Waals surface area contributed by atoms with Crippen molar-refractivity contribution in [2.45, 2.75) is 57.9 Å². The van der Waals surface area contributed by atoms with Crippen LogP contribution < -0.4 is 5.32 Å². The maximum absolute atomic E-state index is 9.61. The summed E-state index contributed by atoms with van der Waals surface area (Å²) < 4.78 is 5.50. The summed E-state index contributed by atoms with van der Waals surface area (Å²) in [6.45, 7) is 7.24. The van der Waals surface area contributed by atoms with Gasteiger partial charge in [-0.15, -0.1) is 0 Å². The van der Waals surface area contributed by atoms with Gasteiger partial charge in [-0.3, -0.25) is 0 Å². The molecular weight excluding hydrogens is 178 g/mol. The highest BCUT2D eigenvalue weighted by atomic mass is 16.5. The lowest BCUT2D eigenvalue weighted by molar-refractivity contribution is -0.0778. The monoisotopic (exact) mass is 199 g/mol. The van der Waals surface area contributed by atoms with E-state index >= 15 is 0 Å². The minimum atomic E-state index is -0.141. The van der Waals surface area contributed by atoms with Crippen molar-refractivity contribution in [3.63, 3.8) is 0 Å². The summed E-state index contributed by atoms with van der Waals surface area (Å²) >= 11 is 0. The Kier molecular flexibility index (Phi) is 2.58. The van der Waals surface area contributed by atoms with Gasteiger partial charge in [0.05, 0.1) is 12.2 Å². The normalized spacial score (nSPS) is 46.3. The van der Waals surface area contributed by atoms with E-state index < -0.39 is 0 Å². The van der Waals surface area contributed by atoms with Crippen LogP contribution in [0.5, 0.6) is 0 Å². The van der Waals surface area contributed by atoms with Gasteiger partial charge < -0.3 is 15.2 Å². The van der Waals surface area contributed by atoms with Gasteiger partial charge in [0.25, 0.3) is 0 Å². The number of ether oxygens (including phenoxy) is 1. The molecule has 1 aliphatic carbocycles.